The molecule has 2 aliphatic heterocycles. The van der Waals surface area contributed by atoms with Gasteiger partial charge in [0.2, 0.25) is 0 Å². The number of amides is 2. The highest BCUT2D eigenvalue weighted by molar-refractivity contribution is 6.07. The number of carbonyl (C=O) groups is 2. The van der Waals surface area contributed by atoms with Crippen molar-refractivity contribution in [2.24, 2.45) is 0 Å². The third kappa shape index (κ3) is 7.19. The number of likely N-dealkylation sites (tertiary alicyclic amines) is 2. The Bertz CT molecular complexity index is 1270. The number of rotatable bonds is 11. The number of piperidine rings is 2. The van der Waals surface area contributed by atoms with Crippen LogP contribution in [-0.4, -0.2) is 85.0 Å². The van der Waals surface area contributed by atoms with Gasteiger partial charge < -0.3 is 23.9 Å². The standard InChI is InChI=1S/C34H45N3O4/c1-3-4-14-31-32(29-13-8-9-15-30(29)41-31)34(39)37-23-18-28(19-24-37)40-25-10-20-36-21-16-27(17-22-36)35(2)33(38)26-11-6-5-7-12-26/h5-9,11-13,15,27-28H,3-4,10,14,16-25H2,1-2H3. The van der Waals surface area contributed by atoms with Gasteiger partial charge in [-0.15, -0.1) is 0 Å². The molecule has 0 unspecified atom stereocenters. The topological polar surface area (TPSA) is 66.2 Å². The Labute approximate surface area is 244 Å². The van der Waals surface area contributed by atoms with Gasteiger partial charge in [0.05, 0.1) is 11.7 Å². The lowest BCUT2D eigenvalue weighted by Crippen LogP contribution is -2.46. The van der Waals surface area contributed by atoms with Gasteiger partial charge >= 0.3 is 0 Å². The van der Waals surface area contributed by atoms with E-state index in [1.54, 1.807) is 0 Å². The Balaban J connectivity index is 1.01. The largest absolute Gasteiger partial charge is 0.460 e. The molecule has 3 heterocycles. The first-order valence-corrected chi connectivity index (χ1v) is 15.5. The second-order valence-electron chi connectivity index (χ2n) is 11.6. The van der Waals surface area contributed by atoms with Crippen LogP contribution in [0.5, 0.6) is 0 Å². The van der Waals surface area contributed by atoms with Gasteiger partial charge in [0, 0.05) is 69.8 Å². The number of nitrogens with zero attached hydrogens (tertiary/aromatic N) is 3. The van der Waals surface area contributed by atoms with Gasteiger partial charge in [0.15, 0.2) is 0 Å². The Morgan fingerprint density at radius 2 is 1.63 bits per heavy atom. The molecule has 1 aromatic heterocycles. The van der Waals surface area contributed by atoms with E-state index >= 15 is 0 Å². The third-order valence-corrected chi connectivity index (χ3v) is 8.79. The molecule has 0 aliphatic carbocycles. The van der Waals surface area contributed by atoms with E-state index in [0.29, 0.717) is 6.04 Å². The number of unbranched alkanes of at least 4 members (excludes halogenated alkanes) is 1. The minimum atomic E-state index is 0.0963. The van der Waals surface area contributed by atoms with Crippen molar-refractivity contribution >= 4 is 22.8 Å². The van der Waals surface area contributed by atoms with Crippen molar-refractivity contribution in [1.82, 2.24) is 14.7 Å². The number of hydrogen-bond donors (Lipinski definition) is 0. The van der Waals surface area contributed by atoms with E-state index < -0.39 is 0 Å². The maximum Gasteiger partial charge on any atom is 0.258 e. The molecule has 220 valence electrons. The summed E-state index contributed by atoms with van der Waals surface area (Å²) in [4.78, 5) is 32.8. The van der Waals surface area contributed by atoms with Gasteiger partial charge in [-0.1, -0.05) is 49.7 Å². The summed E-state index contributed by atoms with van der Waals surface area (Å²) in [6.07, 6.45) is 7.86. The summed E-state index contributed by atoms with van der Waals surface area (Å²) in [5.41, 5.74) is 2.32. The highest BCUT2D eigenvalue weighted by Crippen LogP contribution is 2.29. The van der Waals surface area contributed by atoms with Crippen LogP contribution in [-0.2, 0) is 11.2 Å². The smallest absolute Gasteiger partial charge is 0.258 e. The first-order valence-electron chi connectivity index (χ1n) is 15.5. The molecule has 2 saturated heterocycles. The molecular formula is C34H45N3O4. The van der Waals surface area contributed by atoms with Crippen molar-refractivity contribution in [1.29, 1.82) is 0 Å². The zero-order chi connectivity index (χ0) is 28.6. The first-order chi connectivity index (χ1) is 20.0. The summed E-state index contributed by atoms with van der Waals surface area (Å²) in [6, 6.07) is 17.8. The molecule has 7 nitrogen and oxygen atoms in total. The lowest BCUT2D eigenvalue weighted by atomic mass is 10.0. The second kappa shape index (κ2) is 14.1. The highest BCUT2D eigenvalue weighted by Gasteiger charge is 2.29. The molecule has 2 fully saturated rings. The number of carbonyl (C=O) groups excluding carboxylic acids is 2. The average molecular weight is 560 g/mol. The number of fused-ring (bicyclic) bond motifs is 1. The molecule has 0 bridgehead atoms. The molecule has 5 rings (SSSR count). The normalized spacial score (nSPS) is 17.3. The predicted molar refractivity (Wildman–Crippen MR) is 162 cm³/mol. The maximum absolute atomic E-state index is 13.6. The van der Waals surface area contributed by atoms with E-state index in [9.17, 15) is 9.59 Å². The monoisotopic (exact) mass is 559 g/mol. The minimum Gasteiger partial charge on any atom is -0.460 e. The zero-order valence-corrected chi connectivity index (χ0v) is 24.7. The lowest BCUT2D eigenvalue weighted by molar-refractivity contribution is 0.00434. The SMILES string of the molecule is CCCCc1oc2ccccc2c1C(=O)N1CCC(OCCCN2CCC(N(C)C(=O)c3ccccc3)CC2)CC1. The van der Waals surface area contributed by atoms with Gasteiger partial charge in [-0.05, 0) is 56.7 Å². The molecule has 7 heteroatoms. The van der Waals surface area contributed by atoms with Crippen molar-refractivity contribution in [3.63, 3.8) is 0 Å². The van der Waals surface area contributed by atoms with Crippen LogP contribution in [0.4, 0.5) is 0 Å². The maximum atomic E-state index is 13.6. The summed E-state index contributed by atoms with van der Waals surface area (Å²) in [7, 11) is 1.94. The third-order valence-electron chi connectivity index (χ3n) is 8.79. The molecule has 41 heavy (non-hydrogen) atoms. The Hall–Kier alpha value is -3.16. The van der Waals surface area contributed by atoms with Crippen LogP contribution in [0.1, 0.15) is 78.3 Å². The van der Waals surface area contributed by atoms with Gasteiger partial charge in [0.1, 0.15) is 11.3 Å². The molecule has 2 aliphatic rings. The number of benzene rings is 2. The Kier molecular flexibility index (Phi) is 10.1. The van der Waals surface area contributed by atoms with Crippen molar-refractivity contribution in [2.75, 3.05) is 46.4 Å². The molecule has 0 radical (unpaired) electrons. The predicted octanol–water partition coefficient (Wildman–Crippen LogP) is 6.02. The summed E-state index contributed by atoms with van der Waals surface area (Å²) in [5.74, 6) is 1.04. The molecule has 0 N–H and O–H groups in total. The summed E-state index contributed by atoms with van der Waals surface area (Å²) < 4.78 is 12.3. The highest BCUT2D eigenvalue weighted by atomic mass is 16.5. The van der Waals surface area contributed by atoms with Crippen molar-refractivity contribution in [3.05, 3.63) is 71.5 Å². The quantitative estimate of drug-likeness (QED) is 0.269. The Morgan fingerprint density at radius 1 is 0.927 bits per heavy atom. The number of para-hydroxylation sites is 1. The average Bonchev–Trinajstić information content (AvgIpc) is 3.40. The molecule has 0 atom stereocenters. The zero-order valence-electron chi connectivity index (χ0n) is 24.7. The van der Waals surface area contributed by atoms with E-state index in [0.717, 1.165) is 119 Å². The number of hydrogen-bond acceptors (Lipinski definition) is 5. The van der Waals surface area contributed by atoms with Gasteiger partial charge in [0.25, 0.3) is 11.8 Å². The number of ether oxygens (including phenoxy) is 1. The van der Waals surface area contributed by atoms with Crippen LogP contribution in [0.2, 0.25) is 0 Å². The van der Waals surface area contributed by atoms with Crippen LogP contribution in [0.15, 0.2) is 59.0 Å². The minimum absolute atomic E-state index is 0.0963. The van der Waals surface area contributed by atoms with Gasteiger partial charge in [-0.2, -0.15) is 0 Å². The first kappa shape index (κ1) is 29.3. The molecule has 2 aromatic carbocycles. The summed E-state index contributed by atoms with van der Waals surface area (Å²) in [5, 5.41) is 0.931. The molecular weight excluding hydrogens is 514 g/mol. The number of aryl methyl sites for hydroxylation is 1. The summed E-state index contributed by atoms with van der Waals surface area (Å²) >= 11 is 0. The fourth-order valence-electron chi connectivity index (χ4n) is 6.25. The van der Waals surface area contributed by atoms with Crippen LogP contribution in [0.3, 0.4) is 0 Å². The van der Waals surface area contributed by atoms with Crippen LogP contribution >= 0.6 is 0 Å². The molecule has 0 spiro atoms. The van der Waals surface area contributed by atoms with E-state index in [1.165, 1.54) is 0 Å². The van der Waals surface area contributed by atoms with Crippen LogP contribution in [0.25, 0.3) is 11.0 Å². The molecule has 2 amide bonds. The fraction of sp³-hybridized carbons (Fsp3) is 0.529. The van der Waals surface area contributed by atoms with Gasteiger partial charge in [-0.25, -0.2) is 0 Å². The lowest BCUT2D eigenvalue weighted by Gasteiger charge is -2.37. The fourth-order valence-corrected chi connectivity index (χ4v) is 6.25. The van der Waals surface area contributed by atoms with Gasteiger partial charge in [-0.3, -0.25) is 9.59 Å². The Morgan fingerprint density at radius 3 is 2.37 bits per heavy atom. The second-order valence-corrected chi connectivity index (χ2v) is 11.6. The molecule has 0 saturated carbocycles. The van der Waals surface area contributed by atoms with E-state index in [1.807, 2.05) is 71.4 Å². The van der Waals surface area contributed by atoms with Crippen molar-refractivity contribution in [2.45, 2.75) is 70.4 Å². The van der Waals surface area contributed by atoms with E-state index in [4.69, 9.17) is 9.15 Å². The van der Waals surface area contributed by atoms with Crippen LogP contribution in [0, 0.1) is 0 Å². The van der Waals surface area contributed by atoms with E-state index in [2.05, 4.69) is 11.8 Å². The van der Waals surface area contributed by atoms with Crippen molar-refractivity contribution in [3.8, 4) is 0 Å². The van der Waals surface area contributed by atoms with Crippen molar-refractivity contribution < 1.29 is 18.7 Å². The number of furan rings is 1. The summed E-state index contributed by atoms with van der Waals surface area (Å²) in [6.45, 7) is 7.40. The molecule has 3 aromatic rings. The van der Waals surface area contributed by atoms with E-state index in [-0.39, 0.29) is 17.9 Å². The van der Waals surface area contributed by atoms with Crippen LogP contribution < -0.4 is 0 Å².